The SMILES string of the molecule is [NH3+]C[C@H](c1c(F)cccc1Cl)S(=O)(=O)c1cccs1. The van der Waals surface area contributed by atoms with Crippen LogP contribution in [-0.4, -0.2) is 15.0 Å². The first-order valence-corrected chi connectivity index (χ1v) is 8.29. The highest BCUT2D eigenvalue weighted by Gasteiger charge is 2.34. The average Bonchev–Trinajstić information content (AvgIpc) is 2.88. The van der Waals surface area contributed by atoms with Crippen LogP contribution in [0.1, 0.15) is 10.8 Å². The maximum atomic E-state index is 13.9. The Hall–Kier alpha value is -0.950. The zero-order valence-electron chi connectivity index (χ0n) is 9.84. The fraction of sp³-hybridized carbons (Fsp3) is 0.167. The molecule has 0 amide bonds. The van der Waals surface area contributed by atoms with Crippen molar-refractivity contribution in [2.45, 2.75) is 9.46 Å². The van der Waals surface area contributed by atoms with Crippen LogP contribution in [0.3, 0.4) is 0 Å². The zero-order chi connectivity index (χ0) is 14.0. The van der Waals surface area contributed by atoms with Crippen molar-refractivity contribution < 1.29 is 18.5 Å². The maximum Gasteiger partial charge on any atom is 0.200 e. The van der Waals surface area contributed by atoms with E-state index in [1.165, 1.54) is 24.3 Å². The summed E-state index contributed by atoms with van der Waals surface area (Å²) in [6.45, 7) is 0.0148. The smallest absolute Gasteiger partial charge is 0.200 e. The van der Waals surface area contributed by atoms with Gasteiger partial charge in [-0.2, -0.15) is 0 Å². The monoisotopic (exact) mass is 320 g/mol. The Morgan fingerprint density at radius 2 is 2.05 bits per heavy atom. The largest absolute Gasteiger partial charge is 0.356 e. The number of sulfone groups is 1. The second-order valence-electron chi connectivity index (χ2n) is 3.89. The third-order valence-electron chi connectivity index (χ3n) is 2.73. The van der Waals surface area contributed by atoms with Crippen molar-refractivity contribution in [1.82, 2.24) is 0 Å². The summed E-state index contributed by atoms with van der Waals surface area (Å²) in [5.74, 6) is -0.624. The van der Waals surface area contributed by atoms with Gasteiger partial charge in [-0.25, -0.2) is 12.8 Å². The standard InChI is InChI=1S/C12H11ClFNO2S2/c13-8-3-1-4-9(14)12(8)10(7-15)19(16,17)11-5-2-6-18-11/h1-6,10H,7,15H2/p+1/t10-/m1/s1. The number of halogens is 2. The lowest BCUT2D eigenvalue weighted by atomic mass is 10.1. The van der Waals surface area contributed by atoms with Gasteiger partial charge < -0.3 is 5.73 Å². The van der Waals surface area contributed by atoms with Crippen LogP contribution in [0, 0.1) is 5.82 Å². The Morgan fingerprint density at radius 1 is 1.32 bits per heavy atom. The molecule has 3 nitrogen and oxygen atoms in total. The van der Waals surface area contributed by atoms with Crippen LogP contribution >= 0.6 is 22.9 Å². The first-order chi connectivity index (χ1) is 8.98. The van der Waals surface area contributed by atoms with Gasteiger partial charge in [-0.05, 0) is 23.6 Å². The molecular weight excluding hydrogens is 309 g/mol. The normalized spacial score (nSPS) is 13.4. The van der Waals surface area contributed by atoms with Crippen molar-refractivity contribution in [1.29, 1.82) is 0 Å². The number of hydrogen-bond acceptors (Lipinski definition) is 3. The molecule has 0 radical (unpaired) electrons. The maximum absolute atomic E-state index is 13.9. The molecule has 1 atom stereocenters. The molecule has 19 heavy (non-hydrogen) atoms. The molecule has 0 aliphatic heterocycles. The number of rotatable bonds is 4. The van der Waals surface area contributed by atoms with Gasteiger partial charge in [0.25, 0.3) is 0 Å². The highest BCUT2D eigenvalue weighted by atomic mass is 35.5. The molecule has 2 rings (SSSR count). The summed E-state index contributed by atoms with van der Waals surface area (Å²) in [6, 6.07) is 7.26. The molecular formula is C12H12ClFNO2S2+. The molecule has 102 valence electrons. The number of benzene rings is 1. The Balaban J connectivity index is 2.58. The van der Waals surface area contributed by atoms with Gasteiger partial charge in [0.1, 0.15) is 15.3 Å². The predicted octanol–water partition coefficient (Wildman–Crippen LogP) is 2.30. The van der Waals surface area contributed by atoms with Crippen LogP contribution in [0.25, 0.3) is 0 Å². The van der Waals surface area contributed by atoms with Crippen LogP contribution in [0.2, 0.25) is 5.02 Å². The van der Waals surface area contributed by atoms with E-state index in [0.717, 1.165) is 11.3 Å². The molecule has 0 spiro atoms. The van der Waals surface area contributed by atoms with Gasteiger partial charge in [0.05, 0.1) is 6.54 Å². The molecule has 0 aliphatic carbocycles. The van der Waals surface area contributed by atoms with Gasteiger partial charge in [0.2, 0.25) is 0 Å². The van der Waals surface area contributed by atoms with Gasteiger partial charge in [-0.3, -0.25) is 0 Å². The van der Waals surface area contributed by atoms with Gasteiger partial charge in [0, 0.05) is 10.6 Å². The summed E-state index contributed by atoms with van der Waals surface area (Å²) in [6.07, 6.45) is 0. The molecule has 0 saturated carbocycles. The quantitative estimate of drug-likeness (QED) is 0.939. The highest BCUT2D eigenvalue weighted by Crippen LogP contribution is 2.35. The molecule has 0 aliphatic rings. The van der Waals surface area contributed by atoms with Crippen LogP contribution in [0.5, 0.6) is 0 Å². The van der Waals surface area contributed by atoms with E-state index < -0.39 is 20.9 Å². The Kier molecular flexibility index (Phi) is 4.25. The average molecular weight is 321 g/mol. The summed E-state index contributed by atoms with van der Waals surface area (Å²) in [5.41, 5.74) is 3.61. The summed E-state index contributed by atoms with van der Waals surface area (Å²) >= 11 is 7.04. The first-order valence-electron chi connectivity index (χ1n) is 5.49. The summed E-state index contributed by atoms with van der Waals surface area (Å²) in [7, 11) is -3.67. The first kappa shape index (κ1) is 14.5. The van der Waals surface area contributed by atoms with Crippen molar-refractivity contribution in [2.24, 2.45) is 0 Å². The van der Waals surface area contributed by atoms with Crippen molar-refractivity contribution in [3.8, 4) is 0 Å². The molecule has 3 N–H and O–H groups in total. The fourth-order valence-corrected chi connectivity index (χ4v) is 5.11. The lowest BCUT2D eigenvalue weighted by Crippen LogP contribution is -2.54. The topological polar surface area (TPSA) is 61.8 Å². The Labute approximate surface area is 119 Å². The molecule has 2 aromatic rings. The summed E-state index contributed by atoms with van der Waals surface area (Å²) in [5, 5.41) is 0.698. The van der Waals surface area contributed by atoms with Crippen LogP contribution in [0.15, 0.2) is 39.9 Å². The Bertz CT molecular complexity index is 651. The molecule has 0 unspecified atom stereocenters. The summed E-state index contributed by atoms with van der Waals surface area (Å²) in [4.78, 5) is 0. The van der Waals surface area contributed by atoms with E-state index in [4.69, 9.17) is 11.6 Å². The van der Waals surface area contributed by atoms with E-state index in [1.807, 2.05) is 0 Å². The van der Waals surface area contributed by atoms with E-state index >= 15 is 0 Å². The van der Waals surface area contributed by atoms with Gasteiger partial charge in [0.15, 0.2) is 9.84 Å². The van der Waals surface area contributed by atoms with E-state index in [9.17, 15) is 12.8 Å². The van der Waals surface area contributed by atoms with E-state index in [0.29, 0.717) is 0 Å². The van der Waals surface area contributed by atoms with Gasteiger partial charge >= 0.3 is 0 Å². The molecule has 7 heteroatoms. The van der Waals surface area contributed by atoms with Gasteiger partial charge in [-0.1, -0.05) is 23.7 Å². The minimum atomic E-state index is -3.67. The fourth-order valence-electron chi connectivity index (χ4n) is 1.84. The van der Waals surface area contributed by atoms with Crippen molar-refractivity contribution >= 4 is 32.8 Å². The van der Waals surface area contributed by atoms with Crippen LogP contribution in [0.4, 0.5) is 4.39 Å². The third kappa shape index (κ3) is 2.67. The lowest BCUT2D eigenvalue weighted by Gasteiger charge is -2.15. The van der Waals surface area contributed by atoms with Crippen LogP contribution in [-0.2, 0) is 9.84 Å². The Morgan fingerprint density at radius 3 is 2.58 bits per heavy atom. The van der Waals surface area contributed by atoms with Crippen molar-refractivity contribution in [2.75, 3.05) is 6.54 Å². The molecule has 0 saturated heterocycles. The lowest BCUT2D eigenvalue weighted by molar-refractivity contribution is -0.367. The van der Waals surface area contributed by atoms with Crippen molar-refractivity contribution in [3.63, 3.8) is 0 Å². The summed E-state index contributed by atoms with van der Waals surface area (Å²) < 4.78 is 39.0. The van der Waals surface area contributed by atoms with Crippen molar-refractivity contribution in [3.05, 3.63) is 52.1 Å². The molecule has 0 fully saturated rings. The predicted molar refractivity (Wildman–Crippen MR) is 73.4 cm³/mol. The molecule has 1 aromatic heterocycles. The van der Waals surface area contributed by atoms with Crippen LogP contribution < -0.4 is 5.73 Å². The molecule has 0 bridgehead atoms. The number of hydrogen-bond donors (Lipinski definition) is 1. The second-order valence-corrected chi connectivity index (χ2v) is 7.60. The molecule has 1 heterocycles. The zero-order valence-corrected chi connectivity index (χ0v) is 12.2. The van der Waals surface area contributed by atoms with E-state index in [-0.39, 0.29) is 21.3 Å². The third-order valence-corrected chi connectivity index (χ3v) is 6.63. The number of quaternary nitrogens is 1. The highest BCUT2D eigenvalue weighted by molar-refractivity contribution is 7.93. The van der Waals surface area contributed by atoms with E-state index in [2.05, 4.69) is 5.73 Å². The second kappa shape index (κ2) is 5.58. The van der Waals surface area contributed by atoms with E-state index in [1.54, 1.807) is 11.4 Å². The van der Waals surface area contributed by atoms with Gasteiger partial charge in [-0.15, -0.1) is 11.3 Å². The number of thiophene rings is 1. The molecule has 1 aromatic carbocycles. The minimum Gasteiger partial charge on any atom is -0.356 e. The minimum absolute atomic E-state index is 0.00688.